The van der Waals surface area contributed by atoms with Gasteiger partial charge in [0.25, 0.3) is 0 Å². The van der Waals surface area contributed by atoms with Crippen molar-refractivity contribution in [3.63, 3.8) is 0 Å². The Morgan fingerprint density at radius 2 is 1.86 bits per heavy atom. The monoisotopic (exact) mass is 485 g/mol. The number of hydrogen-bond acceptors (Lipinski definition) is 6. The van der Waals surface area contributed by atoms with Gasteiger partial charge in [-0.05, 0) is 32.0 Å². The van der Waals surface area contributed by atoms with Crippen LogP contribution in [0.2, 0.25) is 0 Å². The average Bonchev–Trinajstić information content (AvgIpc) is 3.45. The minimum Gasteiger partial charge on any atom is -0.464 e. The van der Waals surface area contributed by atoms with Crippen LogP contribution in [0.5, 0.6) is 6.01 Å². The molecular weight excluding hydrogens is 466 g/mol. The van der Waals surface area contributed by atoms with Crippen molar-refractivity contribution < 1.29 is 22.3 Å². The van der Waals surface area contributed by atoms with Gasteiger partial charge in [-0.25, -0.2) is 24.0 Å². The molecular formula is C23H19F4N7O. The van der Waals surface area contributed by atoms with Crippen molar-refractivity contribution in [3.8, 4) is 22.8 Å². The van der Waals surface area contributed by atoms with Crippen LogP contribution in [0.1, 0.15) is 19.5 Å². The highest BCUT2D eigenvalue weighted by Crippen LogP contribution is 2.39. The molecule has 2 N–H and O–H groups in total. The predicted octanol–water partition coefficient (Wildman–Crippen LogP) is 5.35. The summed E-state index contributed by atoms with van der Waals surface area (Å²) in [5, 5.41) is 7.72. The molecule has 0 spiro atoms. The van der Waals surface area contributed by atoms with Gasteiger partial charge < -0.3 is 15.0 Å². The summed E-state index contributed by atoms with van der Waals surface area (Å²) in [6.07, 6.45) is 1.03. The van der Waals surface area contributed by atoms with E-state index in [0.717, 1.165) is 10.7 Å². The second kappa shape index (κ2) is 8.53. The van der Waals surface area contributed by atoms with E-state index in [0.29, 0.717) is 51.9 Å². The van der Waals surface area contributed by atoms with Crippen molar-refractivity contribution in [1.29, 1.82) is 0 Å². The molecule has 0 aliphatic carbocycles. The first-order valence-electron chi connectivity index (χ1n) is 10.8. The second-order valence-electron chi connectivity index (χ2n) is 7.61. The summed E-state index contributed by atoms with van der Waals surface area (Å²) in [7, 11) is 0. The quantitative estimate of drug-likeness (QED) is 0.315. The van der Waals surface area contributed by atoms with Gasteiger partial charge in [0.2, 0.25) is 0 Å². The molecule has 12 heteroatoms. The highest BCUT2D eigenvalue weighted by molar-refractivity contribution is 6.15. The van der Waals surface area contributed by atoms with E-state index >= 15 is 0 Å². The number of aromatic nitrogens is 6. The van der Waals surface area contributed by atoms with E-state index in [4.69, 9.17) is 4.74 Å². The number of fused-ring (bicyclic) bond motifs is 3. The zero-order chi connectivity index (χ0) is 24.7. The van der Waals surface area contributed by atoms with E-state index < -0.39 is 17.7 Å². The van der Waals surface area contributed by atoms with Gasteiger partial charge in [0, 0.05) is 47.8 Å². The van der Waals surface area contributed by atoms with Crippen LogP contribution in [0.15, 0.2) is 43.0 Å². The van der Waals surface area contributed by atoms with Gasteiger partial charge in [0.05, 0.1) is 28.9 Å². The topological polar surface area (TPSA) is 93.5 Å². The first-order valence-corrected chi connectivity index (χ1v) is 10.8. The number of benzene rings is 1. The number of rotatable bonds is 6. The van der Waals surface area contributed by atoms with E-state index in [2.05, 4.69) is 30.4 Å². The molecule has 0 atom stereocenters. The number of anilines is 1. The Morgan fingerprint density at radius 3 is 2.51 bits per heavy atom. The number of nitrogens with one attached hydrogen (secondary N) is 2. The summed E-state index contributed by atoms with van der Waals surface area (Å²) in [5.41, 5.74) is 1.54. The first-order chi connectivity index (χ1) is 16.8. The van der Waals surface area contributed by atoms with Crippen molar-refractivity contribution >= 4 is 27.6 Å². The lowest BCUT2D eigenvalue weighted by Gasteiger charge is -2.12. The lowest BCUT2D eigenvalue weighted by Crippen LogP contribution is -2.08. The highest BCUT2D eigenvalue weighted by Gasteiger charge is 2.34. The number of pyridine rings is 1. The molecule has 0 unspecified atom stereocenters. The third kappa shape index (κ3) is 4.00. The van der Waals surface area contributed by atoms with Crippen molar-refractivity contribution in [2.24, 2.45) is 0 Å². The Balaban J connectivity index is 1.83. The molecule has 0 aliphatic heterocycles. The SMILES string of the molecule is CCNc1cc(F)cc2c1[nH]c1ncc(-c3cnc(OCC)nc3)c(-n3ccc(C(F)(F)F)n3)c12. The number of aromatic amines is 1. The summed E-state index contributed by atoms with van der Waals surface area (Å²) >= 11 is 0. The zero-order valence-corrected chi connectivity index (χ0v) is 18.6. The Hall–Kier alpha value is -4.22. The summed E-state index contributed by atoms with van der Waals surface area (Å²) in [4.78, 5) is 15.9. The Bertz CT molecular complexity index is 1520. The standard InChI is InChI=1S/C23H19F4N7O/c1-3-28-16-8-13(24)7-14-18-20(34-6-5-17(33-34)23(25,26)27)15(11-29-21(18)32-19(14)16)12-9-30-22(31-10-12)35-4-2/h5-11,28H,3-4H2,1-2H3,(H,29,32). The van der Waals surface area contributed by atoms with Gasteiger partial charge in [-0.2, -0.15) is 18.3 Å². The minimum absolute atomic E-state index is 0.162. The number of nitrogens with zero attached hydrogens (tertiary/aromatic N) is 5. The maximum atomic E-state index is 14.6. The molecule has 0 radical (unpaired) electrons. The van der Waals surface area contributed by atoms with Gasteiger partial charge in [0.1, 0.15) is 11.5 Å². The molecule has 0 saturated heterocycles. The molecule has 8 nitrogen and oxygen atoms in total. The van der Waals surface area contributed by atoms with Gasteiger partial charge >= 0.3 is 12.2 Å². The van der Waals surface area contributed by atoms with Crippen LogP contribution < -0.4 is 10.1 Å². The third-order valence-corrected chi connectivity index (χ3v) is 5.36. The smallest absolute Gasteiger partial charge is 0.435 e. The fourth-order valence-electron chi connectivity index (χ4n) is 3.95. The van der Waals surface area contributed by atoms with E-state index in [-0.39, 0.29) is 11.7 Å². The summed E-state index contributed by atoms with van der Waals surface area (Å²) in [6.45, 7) is 4.58. The molecule has 0 bridgehead atoms. The summed E-state index contributed by atoms with van der Waals surface area (Å²) in [6, 6.07) is 3.70. The van der Waals surface area contributed by atoms with Crippen LogP contribution >= 0.6 is 0 Å². The van der Waals surface area contributed by atoms with E-state index in [1.165, 1.54) is 36.9 Å². The Kier molecular flexibility index (Phi) is 5.50. The Labute approximate surface area is 196 Å². The molecule has 5 aromatic rings. The number of halogens is 4. The van der Waals surface area contributed by atoms with Crippen LogP contribution in [0.4, 0.5) is 23.2 Å². The molecule has 180 valence electrons. The molecule has 4 aromatic heterocycles. The van der Waals surface area contributed by atoms with E-state index in [1.807, 2.05) is 6.92 Å². The van der Waals surface area contributed by atoms with Gasteiger partial charge in [-0.15, -0.1) is 0 Å². The van der Waals surface area contributed by atoms with Crippen molar-refractivity contribution in [2.45, 2.75) is 20.0 Å². The first kappa shape index (κ1) is 22.6. The van der Waals surface area contributed by atoms with Crippen LogP contribution in [-0.2, 0) is 6.18 Å². The molecule has 0 amide bonds. The molecule has 35 heavy (non-hydrogen) atoms. The molecule has 4 heterocycles. The summed E-state index contributed by atoms with van der Waals surface area (Å²) in [5.74, 6) is -0.508. The van der Waals surface area contributed by atoms with Crippen LogP contribution in [0.25, 0.3) is 38.8 Å². The van der Waals surface area contributed by atoms with Crippen LogP contribution in [0, 0.1) is 5.82 Å². The number of alkyl halides is 3. The van der Waals surface area contributed by atoms with Crippen LogP contribution in [0.3, 0.4) is 0 Å². The fourth-order valence-corrected chi connectivity index (χ4v) is 3.95. The van der Waals surface area contributed by atoms with E-state index in [9.17, 15) is 17.6 Å². The minimum atomic E-state index is -4.63. The van der Waals surface area contributed by atoms with E-state index in [1.54, 1.807) is 6.92 Å². The van der Waals surface area contributed by atoms with Gasteiger partial charge in [-0.3, -0.25) is 0 Å². The summed E-state index contributed by atoms with van der Waals surface area (Å²) < 4.78 is 61.1. The van der Waals surface area contributed by atoms with Crippen molar-refractivity contribution in [1.82, 2.24) is 29.7 Å². The Morgan fingerprint density at radius 1 is 1.09 bits per heavy atom. The maximum absolute atomic E-state index is 14.6. The van der Waals surface area contributed by atoms with Crippen molar-refractivity contribution in [2.75, 3.05) is 18.5 Å². The third-order valence-electron chi connectivity index (χ3n) is 5.36. The number of H-pyrrole nitrogens is 1. The van der Waals surface area contributed by atoms with Crippen LogP contribution in [-0.4, -0.2) is 42.9 Å². The van der Waals surface area contributed by atoms with Crippen molar-refractivity contribution in [3.05, 3.63) is 54.5 Å². The number of hydrogen-bond donors (Lipinski definition) is 2. The second-order valence-corrected chi connectivity index (χ2v) is 7.61. The normalized spacial score (nSPS) is 11.9. The average molecular weight is 485 g/mol. The molecule has 0 aliphatic rings. The fraction of sp³-hybridized carbons (Fsp3) is 0.217. The maximum Gasteiger partial charge on any atom is 0.435 e. The zero-order valence-electron chi connectivity index (χ0n) is 18.6. The lowest BCUT2D eigenvalue weighted by molar-refractivity contribution is -0.141. The van der Waals surface area contributed by atoms with Gasteiger partial charge in [0.15, 0.2) is 5.69 Å². The highest BCUT2D eigenvalue weighted by atomic mass is 19.4. The molecule has 1 aromatic carbocycles. The predicted molar refractivity (Wildman–Crippen MR) is 122 cm³/mol. The largest absolute Gasteiger partial charge is 0.464 e. The molecule has 0 saturated carbocycles. The molecule has 5 rings (SSSR count). The number of ether oxygens (including phenoxy) is 1. The van der Waals surface area contributed by atoms with Gasteiger partial charge in [-0.1, -0.05) is 0 Å². The molecule has 0 fully saturated rings. The lowest BCUT2D eigenvalue weighted by atomic mass is 10.0.